The summed E-state index contributed by atoms with van der Waals surface area (Å²) in [6, 6.07) is 6.96. The Kier molecular flexibility index (Phi) is 29.8. The van der Waals surface area contributed by atoms with Crippen LogP contribution in [0.1, 0.15) is 224 Å². The molecular weight excluding hydrogens is 542 g/mol. The van der Waals surface area contributed by atoms with E-state index in [4.69, 9.17) is 5.73 Å². The molecule has 1 nitrogen and oxygen atoms in total. The quantitative estimate of drug-likeness (QED) is 0.0822. The number of aryl methyl sites for hydroxylation is 1. The minimum absolute atomic E-state index is 0. The SMILES string of the molecule is CCCCCCCCCCCCCCCCc1cccc(C(C)(C)N)c1CCCCCCCCCCCCCCCC.Cl. The van der Waals surface area contributed by atoms with Crippen LogP contribution in [0, 0.1) is 0 Å². The van der Waals surface area contributed by atoms with E-state index in [1.807, 2.05) is 0 Å². The lowest BCUT2D eigenvalue weighted by Gasteiger charge is -2.25. The lowest BCUT2D eigenvalue weighted by Crippen LogP contribution is -2.30. The molecule has 0 aliphatic heterocycles. The number of nitrogens with two attached hydrogens (primary N) is 1. The summed E-state index contributed by atoms with van der Waals surface area (Å²) in [6.45, 7) is 8.98. The zero-order valence-corrected chi connectivity index (χ0v) is 30.7. The van der Waals surface area contributed by atoms with Crippen molar-refractivity contribution >= 4 is 12.4 Å². The first-order valence-electron chi connectivity index (χ1n) is 19.4. The van der Waals surface area contributed by atoms with Gasteiger partial charge in [0.25, 0.3) is 0 Å². The third kappa shape index (κ3) is 24.4. The van der Waals surface area contributed by atoms with Crippen LogP contribution < -0.4 is 5.73 Å². The molecule has 0 aromatic heterocycles. The molecule has 0 bridgehead atoms. The number of benzene rings is 1. The highest BCUT2D eigenvalue weighted by Crippen LogP contribution is 2.28. The maximum absolute atomic E-state index is 6.66. The number of unbranched alkanes of at least 4 members (excludes halogenated alkanes) is 26. The van der Waals surface area contributed by atoms with Gasteiger partial charge in [-0.05, 0) is 56.2 Å². The van der Waals surface area contributed by atoms with Crippen LogP contribution in [0.4, 0.5) is 0 Å². The summed E-state index contributed by atoms with van der Waals surface area (Å²) in [5, 5.41) is 0. The van der Waals surface area contributed by atoms with E-state index in [0.29, 0.717) is 0 Å². The molecule has 1 aromatic rings. The van der Waals surface area contributed by atoms with Crippen molar-refractivity contribution in [1.82, 2.24) is 0 Å². The highest BCUT2D eigenvalue weighted by Gasteiger charge is 2.20. The zero-order valence-electron chi connectivity index (χ0n) is 29.9. The average Bonchev–Trinajstić information content (AvgIpc) is 2.97. The molecule has 1 aromatic carbocycles. The zero-order chi connectivity index (χ0) is 30.6. The van der Waals surface area contributed by atoms with Gasteiger partial charge in [0.2, 0.25) is 0 Å². The number of rotatable bonds is 31. The van der Waals surface area contributed by atoms with Gasteiger partial charge in [-0.2, -0.15) is 0 Å². The first-order chi connectivity index (χ1) is 20.5. The smallest absolute Gasteiger partial charge is 0.0355 e. The van der Waals surface area contributed by atoms with E-state index in [1.54, 1.807) is 11.1 Å². The topological polar surface area (TPSA) is 26.0 Å². The summed E-state index contributed by atoms with van der Waals surface area (Å²) in [4.78, 5) is 0. The molecule has 0 heterocycles. The highest BCUT2D eigenvalue weighted by molar-refractivity contribution is 5.85. The number of halogens is 1. The number of hydrogen-bond acceptors (Lipinski definition) is 1. The molecule has 0 atom stereocenters. The van der Waals surface area contributed by atoms with Gasteiger partial charge in [0.05, 0.1) is 0 Å². The Labute approximate surface area is 278 Å². The predicted molar refractivity (Wildman–Crippen MR) is 199 cm³/mol. The van der Waals surface area contributed by atoms with E-state index >= 15 is 0 Å². The molecule has 0 aliphatic rings. The van der Waals surface area contributed by atoms with Crippen LogP contribution in [0.2, 0.25) is 0 Å². The van der Waals surface area contributed by atoms with Crippen molar-refractivity contribution in [2.75, 3.05) is 0 Å². The molecular formula is C41H78ClN. The molecule has 0 unspecified atom stereocenters. The summed E-state index contributed by atoms with van der Waals surface area (Å²) in [5.74, 6) is 0. The maximum Gasteiger partial charge on any atom is 0.0355 e. The van der Waals surface area contributed by atoms with Gasteiger partial charge in [-0.3, -0.25) is 0 Å². The first kappa shape index (κ1) is 42.5. The van der Waals surface area contributed by atoms with Gasteiger partial charge in [-0.1, -0.05) is 199 Å². The third-order valence-corrected chi connectivity index (χ3v) is 9.55. The van der Waals surface area contributed by atoms with Crippen LogP contribution in [-0.4, -0.2) is 0 Å². The van der Waals surface area contributed by atoms with Crippen LogP contribution in [0.3, 0.4) is 0 Å². The molecule has 2 N–H and O–H groups in total. The summed E-state index contributed by atoms with van der Waals surface area (Å²) in [6.07, 6.45) is 42.3. The van der Waals surface area contributed by atoms with Crippen molar-refractivity contribution in [3.8, 4) is 0 Å². The van der Waals surface area contributed by atoms with E-state index < -0.39 is 0 Å². The minimum atomic E-state index is -0.253. The largest absolute Gasteiger partial charge is 0.322 e. The molecule has 0 saturated heterocycles. The van der Waals surface area contributed by atoms with Gasteiger partial charge in [0.15, 0.2) is 0 Å². The molecule has 0 fully saturated rings. The van der Waals surface area contributed by atoms with Crippen LogP contribution >= 0.6 is 12.4 Å². The molecule has 0 spiro atoms. The van der Waals surface area contributed by atoms with Gasteiger partial charge in [0, 0.05) is 5.54 Å². The lowest BCUT2D eigenvalue weighted by atomic mass is 9.84. The third-order valence-electron chi connectivity index (χ3n) is 9.55. The van der Waals surface area contributed by atoms with Crippen LogP contribution in [0.15, 0.2) is 18.2 Å². The van der Waals surface area contributed by atoms with Crippen molar-refractivity contribution in [3.05, 3.63) is 34.9 Å². The van der Waals surface area contributed by atoms with Gasteiger partial charge in [0.1, 0.15) is 0 Å². The standard InChI is InChI=1S/C41H77N.ClH/c1-5-7-9-11-13-15-17-19-21-23-25-27-29-31-34-38-35-33-37-40(41(3,4)42)39(38)36-32-30-28-26-24-22-20-18-16-14-12-10-8-6-2;/h33,35,37H,5-32,34,36,42H2,1-4H3;1H. The summed E-state index contributed by atoms with van der Waals surface area (Å²) < 4.78 is 0. The van der Waals surface area contributed by atoms with E-state index in [9.17, 15) is 0 Å². The van der Waals surface area contributed by atoms with Gasteiger partial charge in [-0.15, -0.1) is 12.4 Å². The highest BCUT2D eigenvalue weighted by atomic mass is 35.5. The van der Waals surface area contributed by atoms with Crippen molar-refractivity contribution in [2.24, 2.45) is 5.73 Å². The van der Waals surface area contributed by atoms with E-state index in [1.165, 1.54) is 198 Å². The second-order valence-corrected chi connectivity index (χ2v) is 14.4. The lowest BCUT2D eigenvalue weighted by molar-refractivity contribution is 0.528. The number of hydrogen-bond donors (Lipinski definition) is 1. The molecule has 254 valence electrons. The minimum Gasteiger partial charge on any atom is -0.322 e. The van der Waals surface area contributed by atoms with Crippen LogP contribution in [-0.2, 0) is 18.4 Å². The molecule has 1 rings (SSSR count). The maximum atomic E-state index is 6.66. The monoisotopic (exact) mass is 620 g/mol. The van der Waals surface area contributed by atoms with Crippen LogP contribution in [0.25, 0.3) is 0 Å². The van der Waals surface area contributed by atoms with Gasteiger partial charge >= 0.3 is 0 Å². The summed E-state index contributed by atoms with van der Waals surface area (Å²) >= 11 is 0. The van der Waals surface area contributed by atoms with Crippen molar-refractivity contribution in [1.29, 1.82) is 0 Å². The Morgan fingerprint density at radius 1 is 0.442 bits per heavy atom. The Bertz CT molecular complexity index is 706. The van der Waals surface area contributed by atoms with E-state index in [2.05, 4.69) is 45.9 Å². The fourth-order valence-electron chi connectivity index (χ4n) is 6.77. The van der Waals surface area contributed by atoms with Crippen molar-refractivity contribution < 1.29 is 0 Å². The molecule has 2 heteroatoms. The fraction of sp³-hybridized carbons (Fsp3) is 0.854. The first-order valence-corrected chi connectivity index (χ1v) is 19.4. The van der Waals surface area contributed by atoms with E-state index in [0.717, 1.165) is 0 Å². The molecule has 0 amide bonds. The summed E-state index contributed by atoms with van der Waals surface area (Å²) in [5.41, 5.74) is 11.0. The Hall–Kier alpha value is -0.530. The van der Waals surface area contributed by atoms with Crippen LogP contribution in [0.5, 0.6) is 0 Å². The molecule has 0 radical (unpaired) electrons. The Morgan fingerprint density at radius 2 is 0.744 bits per heavy atom. The molecule has 0 saturated carbocycles. The second-order valence-electron chi connectivity index (χ2n) is 14.4. The normalized spacial score (nSPS) is 11.7. The van der Waals surface area contributed by atoms with Gasteiger partial charge < -0.3 is 5.73 Å². The molecule has 43 heavy (non-hydrogen) atoms. The Balaban J connectivity index is 0.0000176. The predicted octanol–water partition coefficient (Wildman–Crippen LogP) is 14.3. The van der Waals surface area contributed by atoms with Gasteiger partial charge in [-0.25, -0.2) is 0 Å². The van der Waals surface area contributed by atoms with E-state index in [-0.39, 0.29) is 17.9 Å². The fourth-order valence-corrected chi connectivity index (χ4v) is 6.77. The van der Waals surface area contributed by atoms with Crippen molar-refractivity contribution in [2.45, 2.75) is 226 Å². The summed E-state index contributed by atoms with van der Waals surface area (Å²) in [7, 11) is 0. The molecule has 0 aliphatic carbocycles. The average molecular weight is 621 g/mol. The Morgan fingerprint density at radius 3 is 1.07 bits per heavy atom. The van der Waals surface area contributed by atoms with Crippen molar-refractivity contribution in [3.63, 3.8) is 0 Å². The second kappa shape index (κ2) is 30.1.